The Morgan fingerprint density at radius 1 is 1.26 bits per heavy atom. The van der Waals surface area contributed by atoms with Gasteiger partial charge in [-0.15, -0.1) is 0 Å². The van der Waals surface area contributed by atoms with E-state index in [0.29, 0.717) is 0 Å². The van der Waals surface area contributed by atoms with Crippen molar-refractivity contribution in [2.45, 2.75) is 57.2 Å². The molecule has 0 spiro atoms. The summed E-state index contributed by atoms with van der Waals surface area (Å²) in [7, 11) is -2.12. The summed E-state index contributed by atoms with van der Waals surface area (Å²) in [5.41, 5.74) is 0. The molecule has 7 heteroatoms. The van der Waals surface area contributed by atoms with Crippen LogP contribution in [-0.4, -0.2) is 66.0 Å². The molecule has 0 aliphatic carbocycles. The first-order chi connectivity index (χ1) is 8.45. The first-order valence-electron chi connectivity index (χ1n) is 6.47. The van der Waals surface area contributed by atoms with E-state index in [1.807, 2.05) is 13.1 Å². The first-order valence-corrected chi connectivity index (χ1v) is 9.38. The average Bonchev–Trinajstić information content (AvgIpc) is 2.22. The van der Waals surface area contributed by atoms with Crippen LogP contribution in [0, 0.1) is 0 Å². The number of hydrogen-bond donors (Lipinski definition) is 3. The van der Waals surface area contributed by atoms with E-state index < -0.39 is 32.7 Å². The molecule has 1 amide bonds. The second kappa shape index (κ2) is 5.39. The lowest BCUT2D eigenvalue weighted by atomic mass is 10.0. The van der Waals surface area contributed by atoms with Crippen molar-refractivity contribution in [1.82, 2.24) is 4.90 Å². The van der Waals surface area contributed by atoms with Crippen LogP contribution in [0.4, 0.5) is 4.79 Å². The zero-order valence-electron chi connectivity index (χ0n) is 12.3. The van der Waals surface area contributed by atoms with Gasteiger partial charge in [-0.3, -0.25) is 0 Å². The van der Waals surface area contributed by atoms with Crippen LogP contribution in [0.15, 0.2) is 0 Å². The van der Waals surface area contributed by atoms with Gasteiger partial charge in [-0.05, 0) is 18.1 Å². The second-order valence-electron chi connectivity index (χ2n) is 6.66. The maximum Gasteiger partial charge on any atom is 0.407 e. The van der Waals surface area contributed by atoms with Crippen LogP contribution in [0.3, 0.4) is 0 Å². The molecule has 1 aliphatic rings. The number of piperidine rings is 1. The molecule has 0 aromatic heterocycles. The molecule has 1 rings (SSSR count). The van der Waals surface area contributed by atoms with Crippen molar-refractivity contribution in [1.29, 1.82) is 0 Å². The molecule has 0 saturated carbocycles. The summed E-state index contributed by atoms with van der Waals surface area (Å²) >= 11 is 0. The summed E-state index contributed by atoms with van der Waals surface area (Å²) in [4.78, 5) is 12.1. The van der Waals surface area contributed by atoms with E-state index in [0.717, 1.165) is 4.90 Å². The van der Waals surface area contributed by atoms with Gasteiger partial charge in [0, 0.05) is 0 Å². The lowest BCUT2D eigenvalue weighted by Crippen LogP contribution is -2.60. The predicted molar refractivity (Wildman–Crippen MR) is 73.7 cm³/mol. The van der Waals surface area contributed by atoms with Crippen molar-refractivity contribution in [3.63, 3.8) is 0 Å². The Balaban J connectivity index is 2.83. The van der Waals surface area contributed by atoms with Gasteiger partial charge in [-0.1, -0.05) is 20.8 Å². The Kier molecular flexibility index (Phi) is 4.66. The van der Waals surface area contributed by atoms with E-state index in [1.54, 1.807) is 0 Å². The Morgan fingerprint density at radius 3 is 2.21 bits per heavy atom. The van der Waals surface area contributed by atoms with Gasteiger partial charge >= 0.3 is 6.09 Å². The number of amides is 1. The van der Waals surface area contributed by atoms with E-state index in [2.05, 4.69) is 20.8 Å². The molecule has 0 aromatic rings. The fourth-order valence-electron chi connectivity index (χ4n) is 1.80. The Bertz CT molecular complexity index is 342. The highest BCUT2D eigenvalue weighted by atomic mass is 28.4. The quantitative estimate of drug-likeness (QED) is 0.663. The molecular formula is C12H25NO5Si. The summed E-state index contributed by atoms with van der Waals surface area (Å²) < 4.78 is 6.03. The highest BCUT2D eigenvalue weighted by Gasteiger charge is 2.44. The molecule has 3 N–H and O–H groups in total. The van der Waals surface area contributed by atoms with E-state index in [-0.39, 0.29) is 18.1 Å². The number of hydrogen-bond acceptors (Lipinski definition) is 4. The number of aliphatic hydroxyl groups is 2. The third-order valence-electron chi connectivity index (χ3n) is 4.11. The Morgan fingerprint density at radius 2 is 1.79 bits per heavy atom. The summed E-state index contributed by atoms with van der Waals surface area (Å²) in [6.45, 7) is 10.3. The number of β-amino-alcohol motifs (C(OH)–C–C–N with tert-alkyl or cyclic N) is 1. The van der Waals surface area contributed by atoms with Gasteiger partial charge in [0.15, 0.2) is 8.32 Å². The SMILES string of the molecule is CC(C)(C)[Si](C)(C)O[C@@H]1CN(C(=O)O)C[C@@H](O)[C@H]1O. The normalized spacial score (nSPS) is 29.4. The topological polar surface area (TPSA) is 90.2 Å². The molecule has 112 valence electrons. The minimum absolute atomic E-state index is 0.0385. The molecule has 1 saturated heterocycles. The number of rotatable bonds is 2. The molecule has 6 nitrogen and oxygen atoms in total. The van der Waals surface area contributed by atoms with Crippen molar-refractivity contribution in [2.75, 3.05) is 13.1 Å². The fourth-order valence-corrected chi connectivity index (χ4v) is 3.12. The molecule has 1 aliphatic heterocycles. The number of likely N-dealkylation sites (tertiary alicyclic amines) is 1. The van der Waals surface area contributed by atoms with E-state index in [4.69, 9.17) is 9.53 Å². The number of carboxylic acid groups (broad SMARTS) is 1. The van der Waals surface area contributed by atoms with Crippen LogP contribution in [0.1, 0.15) is 20.8 Å². The number of aliphatic hydroxyl groups excluding tert-OH is 2. The molecule has 19 heavy (non-hydrogen) atoms. The van der Waals surface area contributed by atoms with Crippen LogP contribution in [-0.2, 0) is 4.43 Å². The van der Waals surface area contributed by atoms with Crippen LogP contribution in [0.2, 0.25) is 18.1 Å². The second-order valence-corrected chi connectivity index (χ2v) is 11.4. The Hall–Kier alpha value is -0.633. The zero-order valence-corrected chi connectivity index (χ0v) is 13.3. The van der Waals surface area contributed by atoms with Crippen LogP contribution in [0.25, 0.3) is 0 Å². The number of nitrogens with zero attached hydrogens (tertiary/aromatic N) is 1. The monoisotopic (exact) mass is 291 g/mol. The van der Waals surface area contributed by atoms with Gasteiger partial charge in [0.2, 0.25) is 0 Å². The molecule has 0 bridgehead atoms. The molecule has 1 fully saturated rings. The van der Waals surface area contributed by atoms with Crippen molar-refractivity contribution < 1.29 is 24.5 Å². The van der Waals surface area contributed by atoms with Crippen molar-refractivity contribution in [3.05, 3.63) is 0 Å². The average molecular weight is 291 g/mol. The maximum atomic E-state index is 11.0. The zero-order chi connectivity index (χ0) is 15.0. The summed E-state index contributed by atoms with van der Waals surface area (Å²) in [6.07, 6.45) is -3.90. The summed E-state index contributed by atoms with van der Waals surface area (Å²) in [5, 5.41) is 28.7. The van der Waals surface area contributed by atoms with Crippen LogP contribution >= 0.6 is 0 Å². The molecule has 3 atom stereocenters. The smallest absolute Gasteiger partial charge is 0.407 e. The van der Waals surface area contributed by atoms with Gasteiger partial charge < -0.3 is 24.6 Å². The summed E-state index contributed by atoms with van der Waals surface area (Å²) in [6, 6.07) is 0. The minimum Gasteiger partial charge on any atom is -0.465 e. The lowest BCUT2D eigenvalue weighted by molar-refractivity contribution is -0.0979. The van der Waals surface area contributed by atoms with Gasteiger partial charge in [0.25, 0.3) is 0 Å². The van der Waals surface area contributed by atoms with Crippen LogP contribution < -0.4 is 0 Å². The number of carbonyl (C=O) groups is 1. The van der Waals surface area contributed by atoms with Gasteiger partial charge in [0.05, 0.1) is 19.2 Å². The Labute approximate surface area is 115 Å². The van der Waals surface area contributed by atoms with E-state index in [9.17, 15) is 15.0 Å². The molecular weight excluding hydrogens is 266 g/mol. The van der Waals surface area contributed by atoms with Crippen molar-refractivity contribution in [3.8, 4) is 0 Å². The third kappa shape index (κ3) is 3.68. The third-order valence-corrected chi connectivity index (χ3v) is 8.61. The maximum absolute atomic E-state index is 11.0. The van der Waals surface area contributed by atoms with Gasteiger partial charge in [-0.25, -0.2) is 4.79 Å². The highest BCUT2D eigenvalue weighted by molar-refractivity contribution is 6.74. The predicted octanol–water partition coefficient (Wildman–Crippen LogP) is 1.09. The van der Waals surface area contributed by atoms with Crippen molar-refractivity contribution >= 4 is 14.4 Å². The van der Waals surface area contributed by atoms with Gasteiger partial charge in [0.1, 0.15) is 12.2 Å². The molecule has 1 heterocycles. The molecule has 0 aromatic carbocycles. The first kappa shape index (κ1) is 16.4. The van der Waals surface area contributed by atoms with Crippen molar-refractivity contribution in [2.24, 2.45) is 0 Å². The summed E-state index contributed by atoms with van der Waals surface area (Å²) in [5.74, 6) is 0. The fraction of sp³-hybridized carbons (Fsp3) is 0.917. The molecule has 0 unspecified atom stereocenters. The molecule has 0 radical (unpaired) electrons. The van der Waals surface area contributed by atoms with Crippen LogP contribution in [0.5, 0.6) is 0 Å². The largest absolute Gasteiger partial charge is 0.465 e. The lowest BCUT2D eigenvalue weighted by Gasteiger charge is -2.44. The highest BCUT2D eigenvalue weighted by Crippen LogP contribution is 2.38. The van der Waals surface area contributed by atoms with E-state index in [1.165, 1.54) is 0 Å². The van der Waals surface area contributed by atoms with E-state index >= 15 is 0 Å². The van der Waals surface area contributed by atoms with Gasteiger partial charge in [-0.2, -0.15) is 0 Å². The minimum atomic E-state index is -2.12. The standard InChI is InChI=1S/C12H25NO5Si/c1-12(2,3)19(4,5)18-9-7-13(11(16)17)6-8(14)10(9)15/h8-10,14-15H,6-7H2,1-5H3,(H,16,17)/t8-,9-,10-/m1/s1.